The summed E-state index contributed by atoms with van der Waals surface area (Å²) >= 11 is 0. The highest BCUT2D eigenvalue weighted by Gasteiger charge is 2.19. The molecule has 0 bridgehead atoms. The zero-order chi connectivity index (χ0) is 23.6. The van der Waals surface area contributed by atoms with Gasteiger partial charge < -0.3 is 4.90 Å². The topological polar surface area (TPSA) is 84.3 Å². The van der Waals surface area contributed by atoms with Crippen LogP contribution in [-0.4, -0.2) is 53.9 Å². The number of carbonyl (C=O) groups is 1. The number of rotatable bonds is 7. The zero-order valence-corrected chi connectivity index (χ0v) is 20.3. The zero-order valence-electron chi connectivity index (χ0n) is 19.5. The van der Waals surface area contributed by atoms with Gasteiger partial charge in [0.25, 0.3) is 5.91 Å². The van der Waals surface area contributed by atoms with E-state index in [0.29, 0.717) is 12.1 Å². The van der Waals surface area contributed by atoms with Crippen LogP contribution in [0.3, 0.4) is 0 Å². The number of benzene rings is 2. The first-order valence-corrected chi connectivity index (χ1v) is 13.2. The summed E-state index contributed by atoms with van der Waals surface area (Å²) < 4.78 is 28.6. The Morgan fingerprint density at radius 1 is 1.03 bits per heavy atom. The van der Waals surface area contributed by atoms with E-state index in [9.17, 15) is 13.2 Å². The van der Waals surface area contributed by atoms with Crippen LogP contribution < -0.4 is 4.72 Å². The maximum absolute atomic E-state index is 12.8. The molecule has 0 aliphatic carbocycles. The van der Waals surface area contributed by atoms with Gasteiger partial charge in [0.1, 0.15) is 0 Å². The van der Waals surface area contributed by atoms with Crippen molar-refractivity contribution in [3.8, 4) is 5.69 Å². The monoisotopic (exact) mass is 468 g/mol. The molecule has 2 aromatic carbocycles. The molecule has 0 spiro atoms. The van der Waals surface area contributed by atoms with E-state index in [1.165, 1.54) is 6.42 Å². The number of nitrogens with zero attached hydrogens (tertiary/aromatic N) is 3. The number of piperidine rings is 1. The van der Waals surface area contributed by atoms with Crippen molar-refractivity contribution in [3.05, 3.63) is 59.8 Å². The molecular formula is C25H32N4O3S. The maximum Gasteiger partial charge on any atom is 0.253 e. The standard InChI is InChI=1S/C25H32N4O3S/c1-18(2)33(31,32)27-16-19(3)20-7-10-23(11-8-20)29-24-12-9-21(15-22(24)17-26-29)25(30)28-13-5-4-6-14-28/h7-12,15,17-19,27H,4-6,13-14,16H2,1-3H3/t19-/m0/s1. The van der Waals surface area contributed by atoms with Gasteiger partial charge in [-0.05, 0) is 74.9 Å². The molecule has 33 heavy (non-hydrogen) atoms. The van der Waals surface area contributed by atoms with Gasteiger partial charge in [-0.2, -0.15) is 5.10 Å². The minimum Gasteiger partial charge on any atom is -0.339 e. The lowest BCUT2D eigenvalue weighted by Gasteiger charge is -2.26. The Morgan fingerprint density at radius 2 is 1.73 bits per heavy atom. The lowest BCUT2D eigenvalue weighted by Crippen LogP contribution is -2.35. The summed E-state index contributed by atoms with van der Waals surface area (Å²) in [7, 11) is -3.28. The number of likely N-dealkylation sites (tertiary alicyclic amines) is 1. The summed E-state index contributed by atoms with van der Waals surface area (Å²) in [5.74, 6) is 0.140. The van der Waals surface area contributed by atoms with E-state index in [1.54, 1.807) is 20.0 Å². The molecule has 1 amide bonds. The van der Waals surface area contributed by atoms with Crippen LogP contribution in [0.1, 0.15) is 61.9 Å². The molecule has 176 valence electrons. The molecule has 1 aliphatic heterocycles. The Balaban J connectivity index is 1.49. The lowest BCUT2D eigenvalue weighted by atomic mass is 10.0. The number of nitrogens with one attached hydrogen (secondary N) is 1. The van der Waals surface area contributed by atoms with Crippen molar-refractivity contribution in [2.24, 2.45) is 0 Å². The minimum atomic E-state index is -3.28. The second-order valence-corrected chi connectivity index (χ2v) is 11.4. The van der Waals surface area contributed by atoms with Gasteiger partial charge in [0.05, 0.1) is 22.7 Å². The summed E-state index contributed by atoms with van der Waals surface area (Å²) in [6.45, 7) is 7.37. The van der Waals surface area contributed by atoms with Crippen LogP contribution in [0.2, 0.25) is 0 Å². The van der Waals surface area contributed by atoms with E-state index >= 15 is 0 Å². The minimum absolute atomic E-state index is 0.0466. The number of sulfonamides is 1. The number of amides is 1. The van der Waals surface area contributed by atoms with Crippen molar-refractivity contribution >= 4 is 26.8 Å². The second kappa shape index (κ2) is 9.65. The highest BCUT2D eigenvalue weighted by molar-refractivity contribution is 7.90. The van der Waals surface area contributed by atoms with E-state index in [0.717, 1.165) is 48.1 Å². The van der Waals surface area contributed by atoms with Crippen LogP contribution in [0, 0.1) is 0 Å². The molecule has 8 heteroatoms. The molecule has 0 saturated carbocycles. The van der Waals surface area contributed by atoms with Crippen LogP contribution in [0.5, 0.6) is 0 Å². The SMILES string of the molecule is CC(C)S(=O)(=O)NC[C@H](C)c1ccc(-n2ncc3cc(C(=O)N4CCCCC4)ccc32)cc1. The molecule has 7 nitrogen and oxygen atoms in total. The Kier molecular flexibility index (Phi) is 6.86. The third-order valence-corrected chi connectivity index (χ3v) is 8.19. The molecule has 1 N–H and O–H groups in total. The van der Waals surface area contributed by atoms with Gasteiger partial charge in [-0.3, -0.25) is 4.79 Å². The molecular weight excluding hydrogens is 436 g/mol. The molecule has 3 aromatic rings. The molecule has 0 unspecified atom stereocenters. The van der Waals surface area contributed by atoms with E-state index in [2.05, 4.69) is 9.82 Å². The number of hydrogen-bond acceptors (Lipinski definition) is 4. The largest absolute Gasteiger partial charge is 0.339 e. The highest BCUT2D eigenvalue weighted by Crippen LogP contribution is 2.23. The predicted molar refractivity (Wildman–Crippen MR) is 131 cm³/mol. The fourth-order valence-corrected chi connectivity index (χ4v) is 4.94. The number of aromatic nitrogens is 2. The van der Waals surface area contributed by atoms with Crippen molar-refractivity contribution in [2.75, 3.05) is 19.6 Å². The van der Waals surface area contributed by atoms with Gasteiger partial charge >= 0.3 is 0 Å². The molecule has 1 aromatic heterocycles. The lowest BCUT2D eigenvalue weighted by molar-refractivity contribution is 0.0724. The van der Waals surface area contributed by atoms with Crippen LogP contribution in [0.25, 0.3) is 16.6 Å². The second-order valence-electron chi connectivity index (χ2n) is 9.12. The molecule has 1 saturated heterocycles. The van der Waals surface area contributed by atoms with Gasteiger partial charge in [0.2, 0.25) is 10.0 Å². The van der Waals surface area contributed by atoms with E-state index in [4.69, 9.17) is 0 Å². The molecule has 0 radical (unpaired) electrons. The summed E-state index contributed by atoms with van der Waals surface area (Å²) in [5, 5.41) is 5.02. The average Bonchev–Trinajstić information content (AvgIpc) is 3.26. The van der Waals surface area contributed by atoms with Crippen molar-refractivity contribution in [1.82, 2.24) is 19.4 Å². The normalized spacial score (nSPS) is 15.8. The summed E-state index contributed by atoms with van der Waals surface area (Å²) in [6.07, 6.45) is 5.13. The molecule has 4 rings (SSSR count). The first kappa shape index (κ1) is 23.4. The summed E-state index contributed by atoms with van der Waals surface area (Å²) in [4.78, 5) is 14.8. The molecule has 2 heterocycles. The fraction of sp³-hybridized carbons (Fsp3) is 0.440. The smallest absolute Gasteiger partial charge is 0.253 e. The van der Waals surface area contributed by atoms with E-state index in [1.807, 2.05) is 59.0 Å². The van der Waals surface area contributed by atoms with Gasteiger partial charge in [0, 0.05) is 30.6 Å². The quantitative estimate of drug-likeness (QED) is 0.566. The van der Waals surface area contributed by atoms with E-state index < -0.39 is 15.3 Å². The highest BCUT2D eigenvalue weighted by atomic mass is 32.2. The molecule has 1 fully saturated rings. The molecule has 1 aliphatic rings. The fourth-order valence-electron chi connectivity index (χ4n) is 4.12. The van der Waals surface area contributed by atoms with Gasteiger partial charge in [0.15, 0.2) is 0 Å². The third kappa shape index (κ3) is 5.12. The van der Waals surface area contributed by atoms with Crippen molar-refractivity contribution in [2.45, 2.75) is 51.2 Å². The van der Waals surface area contributed by atoms with Crippen molar-refractivity contribution < 1.29 is 13.2 Å². The van der Waals surface area contributed by atoms with Gasteiger partial charge in [-0.25, -0.2) is 17.8 Å². The van der Waals surface area contributed by atoms with Crippen LogP contribution in [0.4, 0.5) is 0 Å². The third-order valence-electron chi connectivity index (χ3n) is 6.38. The summed E-state index contributed by atoms with van der Waals surface area (Å²) in [6, 6.07) is 13.7. The Morgan fingerprint density at radius 3 is 2.39 bits per heavy atom. The predicted octanol–water partition coefficient (Wildman–Crippen LogP) is 4.08. The van der Waals surface area contributed by atoms with Crippen LogP contribution in [-0.2, 0) is 10.0 Å². The number of carbonyl (C=O) groups excluding carboxylic acids is 1. The van der Waals surface area contributed by atoms with Gasteiger partial charge in [-0.1, -0.05) is 19.1 Å². The Hall–Kier alpha value is -2.71. The van der Waals surface area contributed by atoms with Crippen LogP contribution >= 0.6 is 0 Å². The molecule has 1 atom stereocenters. The Labute approximate surface area is 195 Å². The van der Waals surface area contributed by atoms with Crippen molar-refractivity contribution in [1.29, 1.82) is 0 Å². The van der Waals surface area contributed by atoms with Gasteiger partial charge in [-0.15, -0.1) is 0 Å². The van der Waals surface area contributed by atoms with Crippen LogP contribution in [0.15, 0.2) is 48.7 Å². The summed E-state index contributed by atoms with van der Waals surface area (Å²) in [5.41, 5.74) is 3.61. The maximum atomic E-state index is 12.8. The van der Waals surface area contributed by atoms with E-state index in [-0.39, 0.29) is 11.8 Å². The van der Waals surface area contributed by atoms with Crippen molar-refractivity contribution in [3.63, 3.8) is 0 Å². The number of fused-ring (bicyclic) bond motifs is 1. The average molecular weight is 469 g/mol. The Bertz CT molecular complexity index is 1230. The number of hydrogen-bond donors (Lipinski definition) is 1. The first-order chi connectivity index (χ1) is 15.8. The first-order valence-electron chi connectivity index (χ1n) is 11.6.